The van der Waals surface area contributed by atoms with E-state index in [1.54, 1.807) is 6.07 Å². The third-order valence-electron chi connectivity index (χ3n) is 2.08. The van der Waals surface area contributed by atoms with Gasteiger partial charge in [0.15, 0.2) is 5.82 Å². The number of H-pyrrole nitrogens is 1. The first-order chi connectivity index (χ1) is 7.24. The quantitative estimate of drug-likeness (QED) is 0.582. The molecule has 0 aliphatic heterocycles. The molecule has 0 aliphatic rings. The van der Waals surface area contributed by atoms with Crippen LogP contribution in [0.15, 0.2) is 12.4 Å². The van der Waals surface area contributed by atoms with Crippen LogP contribution in [0.25, 0.3) is 11.0 Å². The van der Waals surface area contributed by atoms with Gasteiger partial charge in [-0.3, -0.25) is 4.79 Å². The van der Waals surface area contributed by atoms with E-state index in [4.69, 9.17) is 5.73 Å². The van der Waals surface area contributed by atoms with E-state index < -0.39 is 5.82 Å². The van der Waals surface area contributed by atoms with E-state index in [1.807, 2.05) is 0 Å². The molecule has 0 saturated carbocycles. The van der Waals surface area contributed by atoms with Gasteiger partial charge >= 0.3 is 0 Å². The molecule has 15 heavy (non-hydrogen) atoms. The van der Waals surface area contributed by atoms with Crippen molar-refractivity contribution in [1.82, 2.24) is 9.97 Å². The fourth-order valence-corrected chi connectivity index (χ4v) is 1.35. The van der Waals surface area contributed by atoms with Crippen LogP contribution in [-0.4, -0.2) is 16.4 Å². The van der Waals surface area contributed by atoms with Gasteiger partial charge in [0, 0.05) is 5.56 Å². The summed E-state index contributed by atoms with van der Waals surface area (Å²) >= 11 is 0. The molecule has 0 amide bonds. The van der Waals surface area contributed by atoms with Crippen LogP contribution in [-0.2, 0) is 16.1 Å². The Morgan fingerprint density at radius 1 is 1.67 bits per heavy atom. The predicted octanol–water partition coefficient (Wildman–Crippen LogP) is 0.957. The van der Waals surface area contributed by atoms with E-state index in [0.29, 0.717) is 11.1 Å². The lowest BCUT2D eigenvalue weighted by molar-refractivity contribution is -0.129. The molecule has 6 heteroatoms. The molecule has 0 saturated heterocycles. The molecule has 2 rings (SSSR count). The lowest BCUT2D eigenvalue weighted by Crippen LogP contribution is -2.01. The fourth-order valence-electron chi connectivity index (χ4n) is 1.35. The molecule has 0 radical (unpaired) electrons. The standard InChI is InChI=1S/C9H8FN3O2/c10-7-8(11)5(2-15-4-14)1-6-9(7)13-3-12-6/h1,3-4H,2,11H2,(H,12,13). The molecular formula is C9H8FN3O2. The number of fused-ring (bicyclic) bond motifs is 1. The summed E-state index contributed by atoms with van der Waals surface area (Å²) in [5.41, 5.74) is 6.59. The molecule has 0 bridgehead atoms. The number of hydrogen-bond acceptors (Lipinski definition) is 4. The van der Waals surface area contributed by atoms with Crippen molar-refractivity contribution in [2.75, 3.05) is 5.73 Å². The highest BCUT2D eigenvalue weighted by molar-refractivity contribution is 5.81. The van der Waals surface area contributed by atoms with Gasteiger partial charge in [0.1, 0.15) is 12.1 Å². The van der Waals surface area contributed by atoms with Crippen LogP contribution in [0.2, 0.25) is 0 Å². The smallest absolute Gasteiger partial charge is 0.293 e. The number of anilines is 1. The Labute approximate surface area is 84.1 Å². The number of ether oxygens (including phenoxy) is 1. The number of hydrogen-bond donors (Lipinski definition) is 2. The number of halogens is 1. The Kier molecular flexibility index (Phi) is 2.24. The summed E-state index contributed by atoms with van der Waals surface area (Å²) in [6.07, 6.45) is 1.37. The highest BCUT2D eigenvalue weighted by Gasteiger charge is 2.12. The maximum absolute atomic E-state index is 13.6. The van der Waals surface area contributed by atoms with Crippen LogP contribution in [0.5, 0.6) is 0 Å². The van der Waals surface area contributed by atoms with Gasteiger partial charge in [0.2, 0.25) is 0 Å². The van der Waals surface area contributed by atoms with Crippen molar-refractivity contribution in [1.29, 1.82) is 0 Å². The SMILES string of the molecule is Nc1c(COC=O)cc2[nH]cnc2c1F. The maximum Gasteiger partial charge on any atom is 0.293 e. The van der Waals surface area contributed by atoms with Gasteiger partial charge in [-0.25, -0.2) is 9.37 Å². The van der Waals surface area contributed by atoms with E-state index in [2.05, 4.69) is 14.7 Å². The van der Waals surface area contributed by atoms with E-state index in [-0.39, 0.29) is 24.3 Å². The molecular weight excluding hydrogens is 201 g/mol. The highest BCUT2D eigenvalue weighted by atomic mass is 19.1. The Balaban J connectivity index is 2.54. The maximum atomic E-state index is 13.6. The molecule has 0 unspecified atom stereocenters. The van der Waals surface area contributed by atoms with E-state index in [1.165, 1.54) is 6.33 Å². The number of nitrogens with zero attached hydrogens (tertiary/aromatic N) is 1. The largest absolute Gasteiger partial charge is 0.463 e. The van der Waals surface area contributed by atoms with Crippen LogP contribution < -0.4 is 5.73 Å². The van der Waals surface area contributed by atoms with Gasteiger partial charge < -0.3 is 15.5 Å². The number of nitrogens with one attached hydrogen (secondary N) is 1. The average molecular weight is 209 g/mol. The summed E-state index contributed by atoms with van der Waals surface area (Å²) in [6.45, 7) is 0.232. The second-order valence-corrected chi connectivity index (χ2v) is 2.97. The fraction of sp³-hybridized carbons (Fsp3) is 0.111. The van der Waals surface area contributed by atoms with Gasteiger partial charge in [0.05, 0.1) is 17.5 Å². The van der Waals surface area contributed by atoms with E-state index in [9.17, 15) is 9.18 Å². The zero-order valence-corrected chi connectivity index (χ0v) is 7.66. The Morgan fingerprint density at radius 3 is 3.20 bits per heavy atom. The molecule has 0 fully saturated rings. The number of imidazole rings is 1. The number of carbonyl (C=O) groups excluding carboxylic acids is 1. The Hall–Kier alpha value is -2.11. The van der Waals surface area contributed by atoms with Crippen molar-refractivity contribution < 1.29 is 13.9 Å². The van der Waals surface area contributed by atoms with Crippen LogP contribution in [0.1, 0.15) is 5.56 Å². The lowest BCUT2D eigenvalue weighted by Gasteiger charge is -2.05. The minimum absolute atomic E-state index is 0.0450. The first-order valence-corrected chi connectivity index (χ1v) is 4.19. The second-order valence-electron chi connectivity index (χ2n) is 2.97. The van der Waals surface area contributed by atoms with Crippen molar-refractivity contribution in [2.45, 2.75) is 6.61 Å². The first-order valence-electron chi connectivity index (χ1n) is 4.19. The molecule has 0 aliphatic carbocycles. The molecule has 0 atom stereocenters. The van der Waals surface area contributed by atoms with Crippen molar-refractivity contribution >= 4 is 23.2 Å². The number of aromatic nitrogens is 2. The van der Waals surface area contributed by atoms with Gasteiger partial charge in [-0.15, -0.1) is 0 Å². The number of aromatic amines is 1. The topological polar surface area (TPSA) is 81.0 Å². The number of benzene rings is 1. The normalized spacial score (nSPS) is 10.5. The van der Waals surface area contributed by atoms with E-state index in [0.717, 1.165) is 0 Å². The van der Waals surface area contributed by atoms with Crippen molar-refractivity contribution in [3.05, 3.63) is 23.8 Å². The van der Waals surface area contributed by atoms with Crippen molar-refractivity contribution in [3.63, 3.8) is 0 Å². The third-order valence-corrected chi connectivity index (χ3v) is 2.08. The monoisotopic (exact) mass is 209 g/mol. The Morgan fingerprint density at radius 2 is 2.47 bits per heavy atom. The average Bonchev–Trinajstić information content (AvgIpc) is 2.69. The molecule has 1 aromatic carbocycles. The summed E-state index contributed by atoms with van der Waals surface area (Å²) in [5.74, 6) is -0.599. The molecule has 0 spiro atoms. The lowest BCUT2D eigenvalue weighted by atomic mass is 10.1. The minimum Gasteiger partial charge on any atom is -0.463 e. The zero-order valence-electron chi connectivity index (χ0n) is 7.66. The summed E-state index contributed by atoms with van der Waals surface area (Å²) in [7, 11) is 0. The zero-order chi connectivity index (χ0) is 10.8. The van der Waals surface area contributed by atoms with Gasteiger partial charge in [-0.2, -0.15) is 0 Å². The number of nitrogens with two attached hydrogens (primary N) is 1. The van der Waals surface area contributed by atoms with Crippen molar-refractivity contribution in [2.24, 2.45) is 0 Å². The van der Waals surface area contributed by atoms with Gasteiger partial charge in [0.25, 0.3) is 6.47 Å². The highest BCUT2D eigenvalue weighted by Crippen LogP contribution is 2.24. The molecule has 1 heterocycles. The predicted molar refractivity (Wildman–Crippen MR) is 51.3 cm³/mol. The van der Waals surface area contributed by atoms with Gasteiger partial charge in [-0.05, 0) is 6.07 Å². The van der Waals surface area contributed by atoms with E-state index >= 15 is 0 Å². The van der Waals surface area contributed by atoms with Crippen LogP contribution >= 0.6 is 0 Å². The summed E-state index contributed by atoms with van der Waals surface area (Å²) < 4.78 is 18.1. The Bertz CT molecular complexity index is 509. The molecule has 3 N–H and O–H groups in total. The molecule has 2 aromatic rings. The van der Waals surface area contributed by atoms with Crippen LogP contribution in [0, 0.1) is 5.82 Å². The number of nitrogen functional groups attached to an aromatic ring is 1. The first kappa shape index (κ1) is 9.45. The molecule has 5 nitrogen and oxygen atoms in total. The molecule has 1 aromatic heterocycles. The summed E-state index contributed by atoms with van der Waals surface area (Å²) in [4.78, 5) is 16.5. The number of rotatable bonds is 3. The van der Waals surface area contributed by atoms with Crippen LogP contribution in [0.4, 0.5) is 10.1 Å². The van der Waals surface area contributed by atoms with Gasteiger partial charge in [-0.1, -0.05) is 0 Å². The summed E-state index contributed by atoms with van der Waals surface area (Å²) in [5, 5.41) is 0. The van der Waals surface area contributed by atoms with Crippen molar-refractivity contribution in [3.8, 4) is 0 Å². The summed E-state index contributed by atoms with van der Waals surface area (Å²) in [6, 6.07) is 1.60. The number of carbonyl (C=O) groups is 1. The second kappa shape index (κ2) is 3.56. The third kappa shape index (κ3) is 1.50. The molecule has 78 valence electrons. The minimum atomic E-state index is -0.599. The van der Waals surface area contributed by atoms with Crippen LogP contribution in [0.3, 0.4) is 0 Å².